The Bertz CT molecular complexity index is 297. The molecule has 0 fully saturated rings. The van der Waals surface area contributed by atoms with Gasteiger partial charge in [0, 0.05) is 0 Å². The molecule has 0 aliphatic carbocycles. The van der Waals surface area contributed by atoms with E-state index in [9.17, 15) is 0 Å². The van der Waals surface area contributed by atoms with Gasteiger partial charge in [0.15, 0.2) is 0 Å². The third-order valence-electron chi connectivity index (χ3n) is 5.85. The summed E-state index contributed by atoms with van der Waals surface area (Å²) in [7, 11) is 2.29. The van der Waals surface area contributed by atoms with Crippen molar-refractivity contribution in [1.29, 1.82) is 0 Å². The molecule has 0 rings (SSSR count). The first-order valence-corrected chi connectivity index (χ1v) is 12.6. The highest BCUT2D eigenvalue weighted by Gasteiger charge is 2.00. The molecule has 0 aromatic carbocycles. The largest absolute Gasteiger partial charge is 0.306 e. The minimum Gasteiger partial charge on any atom is -0.306 e. The molecule has 0 bridgehead atoms. The summed E-state index contributed by atoms with van der Waals surface area (Å²) in [6.45, 7) is 11.5. The maximum atomic E-state index is 4.31. The van der Waals surface area contributed by atoms with Crippen molar-refractivity contribution in [3.05, 3.63) is 12.2 Å². The third kappa shape index (κ3) is 21.9. The molecule has 0 aliphatic heterocycles. The van der Waals surface area contributed by atoms with Gasteiger partial charge in [0.25, 0.3) is 0 Å². The number of allylic oxidation sites excluding steroid dienone is 1. The molecule has 1 nitrogen and oxygen atoms in total. The second-order valence-corrected chi connectivity index (χ2v) is 8.86. The zero-order chi connectivity index (χ0) is 20.0. The Labute approximate surface area is 173 Å². The average Bonchev–Trinajstić information content (AvgIpc) is 2.66. The fourth-order valence-corrected chi connectivity index (χ4v) is 3.84. The van der Waals surface area contributed by atoms with Gasteiger partial charge in [0.1, 0.15) is 0 Å². The summed E-state index contributed by atoms with van der Waals surface area (Å²) in [5, 5.41) is 0. The summed E-state index contributed by atoms with van der Waals surface area (Å²) < 4.78 is 0. The molecule has 0 N–H and O–H groups in total. The van der Waals surface area contributed by atoms with Crippen LogP contribution in [0, 0.1) is 0 Å². The number of rotatable bonds is 22. The van der Waals surface area contributed by atoms with Crippen LogP contribution in [0.15, 0.2) is 12.2 Å². The van der Waals surface area contributed by atoms with Crippen LogP contribution >= 0.6 is 0 Å². The third-order valence-corrected chi connectivity index (χ3v) is 5.85. The molecule has 0 aromatic heterocycles. The van der Waals surface area contributed by atoms with Gasteiger partial charge in [-0.1, -0.05) is 109 Å². The summed E-state index contributed by atoms with van der Waals surface area (Å²) in [4.78, 5) is 2.53. The molecule has 0 aliphatic rings. The Morgan fingerprint density at radius 2 is 0.852 bits per heavy atom. The average molecular weight is 380 g/mol. The van der Waals surface area contributed by atoms with Crippen LogP contribution in [-0.2, 0) is 0 Å². The number of nitrogens with zero attached hydrogens (tertiary/aromatic N) is 1. The van der Waals surface area contributed by atoms with E-state index in [1.165, 1.54) is 141 Å². The first kappa shape index (κ1) is 26.7. The van der Waals surface area contributed by atoms with Crippen LogP contribution in [0.3, 0.4) is 0 Å². The van der Waals surface area contributed by atoms with Gasteiger partial charge in [0.05, 0.1) is 0 Å². The standard InChI is InChI=1S/C26H53N/c1-5-7-9-11-12-13-14-15-18-22-26(3)23-19-17-21-25-27(4)24-20-16-10-8-6-2/h3,5-25H2,1-2,4H3. The van der Waals surface area contributed by atoms with Crippen LogP contribution in [-0.4, -0.2) is 25.0 Å². The highest BCUT2D eigenvalue weighted by Crippen LogP contribution is 2.16. The van der Waals surface area contributed by atoms with Crippen molar-refractivity contribution in [2.24, 2.45) is 0 Å². The Hall–Kier alpha value is -0.300. The van der Waals surface area contributed by atoms with Gasteiger partial charge < -0.3 is 4.90 Å². The smallest absolute Gasteiger partial charge is 0.00218 e. The van der Waals surface area contributed by atoms with Crippen LogP contribution in [0.25, 0.3) is 0 Å². The molecule has 0 heterocycles. The molecule has 0 unspecified atom stereocenters. The summed E-state index contributed by atoms with van der Waals surface area (Å²) >= 11 is 0. The van der Waals surface area contributed by atoms with Crippen LogP contribution < -0.4 is 0 Å². The molecule has 0 amide bonds. The lowest BCUT2D eigenvalue weighted by molar-refractivity contribution is 0.315. The Morgan fingerprint density at radius 3 is 1.30 bits per heavy atom. The fraction of sp³-hybridized carbons (Fsp3) is 0.923. The van der Waals surface area contributed by atoms with Crippen molar-refractivity contribution in [3.8, 4) is 0 Å². The maximum absolute atomic E-state index is 4.31. The van der Waals surface area contributed by atoms with E-state index in [-0.39, 0.29) is 0 Å². The predicted molar refractivity (Wildman–Crippen MR) is 126 cm³/mol. The van der Waals surface area contributed by atoms with Gasteiger partial charge in [-0.05, 0) is 58.7 Å². The van der Waals surface area contributed by atoms with Gasteiger partial charge in [0.2, 0.25) is 0 Å². The fourth-order valence-electron chi connectivity index (χ4n) is 3.84. The predicted octanol–water partition coefficient (Wildman–Crippen LogP) is 8.93. The van der Waals surface area contributed by atoms with Crippen molar-refractivity contribution in [2.45, 2.75) is 136 Å². The molecule has 0 saturated carbocycles. The first-order valence-electron chi connectivity index (χ1n) is 12.6. The van der Waals surface area contributed by atoms with E-state index >= 15 is 0 Å². The van der Waals surface area contributed by atoms with Gasteiger partial charge in [-0.25, -0.2) is 0 Å². The summed E-state index contributed by atoms with van der Waals surface area (Å²) in [6.07, 6.45) is 26.4. The van der Waals surface area contributed by atoms with E-state index < -0.39 is 0 Å². The molecule has 0 atom stereocenters. The van der Waals surface area contributed by atoms with Crippen molar-refractivity contribution in [3.63, 3.8) is 0 Å². The normalized spacial score (nSPS) is 11.4. The van der Waals surface area contributed by atoms with E-state index in [2.05, 4.69) is 32.4 Å². The molecule has 0 radical (unpaired) electrons. The SMILES string of the molecule is C=C(CCCCCCCCCCC)CCCCCN(C)CCCCCCC. The quantitative estimate of drug-likeness (QED) is 0.134. The zero-order valence-electron chi connectivity index (χ0n) is 19.5. The van der Waals surface area contributed by atoms with E-state index in [4.69, 9.17) is 0 Å². The zero-order valence-corrected chi connectivity index (χ0v) is 19.5. The van der Waals surface area contributed by atoms with E-state index in [1.807, 2.05) is 0 Å². The second kappa shape index (κ2) is 22.0. The van der Waals surface area contributed by atoms with Crippen molar-refractivity contribution in [1.82, 2.24) is 4.90 Å². The minimum atomic E-state index is 1.26. The van der Waals surface area contributed by atoms with Crippen LogP contribution in [0.4, 0.5) is 0 Å². The molecule has 0 saturated heterocycles. The molecule has 27 heavy (non-hydrogen) atoms. The summed E-state index contributed by atoms with van der Waals surface area (Å²) in [6, 6.07) is 0. The lowest BCUT2D eigenvalue weighted by Crippen LogP contribution is -2.20. The topological polar surface area (TPSA) is 3.24 Å². The Kier molecular flexibility index (Phi) is 21.7. The van der Waals surface area contributed by atoms with Gasteiger partial charge in [-0.3, -0.25) is 0 Å². The second-order valence-electron chi connectivity index (χ2n) is 8.86. The van der Waals surface area contributed by atoms with Crippen molar-refractivity contribution >= 4 is 0 Å². The van der Waals surface area contributed by atoms with Crippen molar-refractivity contribution in [2.75, 3.05) is 20.1 Å². The van der Waals surface area contributed by atoms with E-state index in [0.29, 0.717) is 0 Å². The first-order chi connectivity index (χ1) is 13.2. The lowest BCUT2D eigenvalue weighted by Gasteiger charge is -2.16. The van der Waals surface area contributed by atoms with Gasteiger partial charge >= 0.3 is 0 Å². The molecule has 0 aromatic rings. The Balaban J connectivity index is 3.27. The van der Waals surface area contributed by atoms with Gasteiger partial charge in [-0.15, -0.1) is 0 Å². The highest BCUT2D eigenvalue weighted by atomic mass is 15.1. The number of unbranched alkanes of at least 4 members (excludes halogenated alkanes) is 14. The Morgan fingerprint density at radius 1 is 0.519 bits per heavy atom. The number of hydrogen-bond donors (Lipinski definition) is 0. The number of hydrogen-bond acceptors (Lipinski definition) is 1. The molecule has 162 valence electrons. The highest BCUT2D eigenvalue weighted by molar-refractivity contribution is 4.93. The monoisotopic (exact) mass is 379 g/mol. The lowest BCUT2D eigenvalue weighted by atomic mass is 10.0. The molecular weight excluding hydrogens is 326 g/mol. The molecular formula is C26H53N. The maximum Gasteiger partial charge on any atom is -0.00218 e. The van der Waals surface area contributed by atoms with Crippen LogP contribution in [0.5, 0.6) is 0 Å². The summed E-state index contributed by atoms with van der Waals surface area (Å²) in [5.41, 5.74) is 1.50. The summed E-state index contributed by atoms with van der Waals surface area (Å²) in [5.74, 6) is 0. The molecule has 0 spiro atoms. The van der Waals surface area contributed by atoms with E-state index in [1.54, 1.807) is 0 Å². The van der Waals surface area contributed by atoms with E-state index in [0.717, 1.165) is 0 Å². The van der Waals surface area contributed by atoms with Crippen LogP contribution in [0.2, 0.25) is 0 Å². The minimum absolute atomic E-state index is 1.26. The van der Waals surface area contributed by atoms with Crippen molar-refractivity contribution < 1.29 is 0 Å². The molecule has 1 heteroatoms. The van der Waals surface area contributed by atoms with Gasteiger partial charge in [-0.2, -0.15) is 0 Å². The van der Waals surface area contributed by atoms with Crippen LogP contribution in [0.1, 0.15) is 136 Å².